The van der Waals surface area contributed by atoms with Gasteiger partial charge in [-0.25, -0.2) is 9.59 Å². The Kier molecular flexibility index (Phi) is 3.54. The fourth-order valence-electron chi connectivity index (χ4n) is 2.59. The summed E-state index contributed by atoms with van der Waals surface area (Å²) in [5.74, 6) is -1.05. The van der Waals surface area contributed by atoms with Gasteiger partial charge in [-0.1, -0.05) is 12.1 Å². The number of fused-ring (bicyclic) bond motifs is 1. The molecule has 0 aliphatic carbocycles. The van der Waals surface area contributed by atoms with E-state index < -0.39 is 5.97 Å². The Morgan fingerprint density at radius 3 is 2.95 bits per heavy atom. The summed E-state index contributed by atoms with van der Waals surface area (Å²) < 4.78 is 0. The largest absolute Gasteiger partial charge is 0.476 e. The summed E-state index contributed by atoms with van der Waals surface area (Å²) in [6, 6.07) is 7.36. The Morgan fingerprint density at radius 1 is 1.41 bits per heavy atom. The summed E-state index contributed by atoms with van der Waals surface area (Å²) in [7, 11) is 0. The van der Waals surface area contributed by atoms with E-state index in [1.807, 2.05) is 31.2 Å². The lowest BCUT2D eigenvalue weighted by Gasteiger charge is -2.26. The first-order chi connectivity index (χ1) is 10.5. The van der Waals surface area contributed by atoms with Crippen molar-refractivity contribution < 1.29 is 14.7 Å². The standard InChI is InChI=1S/C15H16N4O3/c1-9-3-2-4-10(7-9)16-15(22)19-6-5-11-12(8-19)17-18-13(11)14(20)21/h2-4,7H,5-6,8H2,1H3,(H,16,22)(H,17,18)(H,20,21). The average Bonchev–Trinajstić information content (AvgIpc) is 2.90. The number of carbonyl (C=O) groups excluding carboxylic acids is 1. The molecule has 0 unspecified atom stereocenters. The summed E-state index contributed by atoms with van der Waals surface area (Å²) in [5.41, 5.74) is 3.23. The van der Waals surface area contributed by atoms with Crippen LogP contribution >= 0.6 is 0 Å². The summed E-state index contributed by atoms with van der Waals surface area (Å²) in [4.78, 5) is 25.0. The summed E-state index contributed by atoms with van der Waals surface area (Å²) in [6.45, 7) is 2.75. The molecule has 0 saturated heterocycles. The number of carbonyl (C=O) groups is 2. The van der Waals surface area contributed by atoms with E-state index in [2.05, 4.69) is 15.5 Å². The van der Waals surface area contributed by atoms with E-state index in [-0.39, 0.29) is 11.7 Å². The van der Waals surface area contributed by atoms with Crippen molar-refractivity contribution in [3.05, 3.63) is 46.8 Å². The lowest BCUT2D eigenvalue weighted by Crippen LogP contribution is -2.39. The molecule has 114 valence electrons. The number of anilines is 1. The highest BCUT2D eigenvalue weighted by Gasteiger charge is 2.27. The number of aryl methyl sites for hydroxylation is 1. The monoisotopic (exact) mass is 300 g/mol. The van der Waals surface area contributed by atoms with Gasteiger partial charge in [0.25, 0.3) is 0 Å². The van der Waals surface area contributed by atoms with Gasteiger partial charge in [0.2, 0.25) is 0 Å². The van der Waals surface area contributed by atoms with Crippen LogP contribution in [0.5, 0.6) is 0 Å². The molecule has 0 saturated carbocycles. The topological polar surface area (TPSA) is 98.3 Å². The second-order valence-electron chi connectivity index (χ2n) is 5.31. The maximum atomic E-state index is 12.3. The van der Waals surface area contributed by atoms with Gasteiger partial charge in [0.1, 0.15) is 0 Å². The maximum absolute atomic E-state index is 12.3. The first-order valence-corrected chi connectivity index (χ1v) is 6.96. The molecule has 1 aliphatic heterocycles. The third-order valence-electron chi connectivity index (χ3n) is 3.69. The zero-order valence-electron chi connectivity index (χ0n) is 12.1. The van der Waals surface area contributed by atoms with Crippen LogP contribution in [0.1, 0.15) is 27.3 Å². The molecule has 1 aliphatic rings. The van der Waals surface area contributed by atoms with E-state index in [0.717, 1.165) is 11.3 Å². The van der Waals surface area contributed by atoms with Gasteiger partial charge in [0, 0.05) is 17.8 Å². The summed E-state index contributed by atoms with van der Waals surface area (Å²) in [6.07, 6.45) is 0.481. The number of rotatable bonds is 2. The van der Waals surface area contributed by atoms with Crippen LogP contribution in [0, 0.1) is 6.92 Å². The number of nitrogens with zero attached hydrogens (tertiary/aromatic N) is 2. The lowest BCUT2D eigenvalue weighted by molar-refractivity contribution is 0.0689. The minimum Gasteiger partial charge on any atom is -0.476 e. The number of urea groups is 1. The lowest BCUT2D eigenvalue weighted by atomic mass is 10.0. The van der Waals surface area contributed by atoms with Crippen LogP contribution in [0.3, 0.4) is 0 Å². The fraction of sp³-hybridized carbons (Fsp3) is 0.267. The smallest absolute Gasteiger partial charge is 0.356 e. The fourth-order valence-corrected chi connectivity index (χ4v) is 2.59. The number of nitrogens with one attached hydrogen (secondary N) is 2. The van der Waals surface area contributed by atoms with Crippen LogP contribution in [-0.2, 0) is 13.0 Å². The number of aromatic carboxylic acids is 1. The Hall–Kier alpha value is -2.83. The number of hydrogen-bond acceptors (Lipinski definition) is 3. The predicted octanol–water partition coefficient (Wildman–Crippen LogP) is 2.01. The molecule has 3 N–H and O–H groups in total. The van der Waals surface area contributed by atoms with Crippen molar-refractivity contribution in [2.24, 2.45) is 0 Å². The number of benzene rings is 1. The number of H-pyrrole nitrogens is 1. The van der Waals surface area contributed by atoms with Crippen molar-refractivity contribution >= 4 is 17.7 Å². The van der Waals surface area contributed by atoms with Crippen molar-refractivity contribution in [2.45, 2.75) is 19.9 Å². The first-order valence-electron chi connectivity index (χ1n) is 6.96. The van der Waals surface area contributed by atoms with Crippen LogP contribution in [0.4, 0.5) is 10.5 Å². The Balaban J connectivity index is 1.72. The number of amides is 2. The highest BCUT2D eigenvalue weighted by molar-refractivity contribution is 5.90. The Morgan fingerprint density at radius 2 is 2.23 bits per heavy atom. The van der Waals surface area contributed by atoms with Gasteiger partial charge >= 0.3 is 12.0 Å². The Bertz CT molecular complexity index is 738. The van der Waals surface area contributed by atoms with Gasteiger partial charge in [-0.3, -0.25) is 5.10 Å². The molecule has 0 atom stereocenters. The van der Waals surface area contributed by atoms with Crippen molar-refractivity contribution in [3.8, 4) is 0 Å². The van der Waals surface area contributed by atoms with E-state index in [1.54, 1.807) is 4.90 Å². The molecular weight excluding hydrogens is 284 g/mol. The number of carboxylic acid groups (broad SMARTS) is 1. The molecule has 0 bridgehead atoms. The van der Waals surface area contributed by atoms with Gasteiger partial charge in [-0.2, -0.15) is 5.10 Å². The molecular formula is C15H16N4O3. The van der Waals surface area contributed by atoms with Gasteiger partial charge in [0.05, 0.1) is 12.2 Å². The van der Waals surface area contributed by atoms with Gasteiger partial charge in [0.15, 0.2) is 5.69 Å². The zero-order chi connectivity index (χ0) is 15.7. The minimum atomic E-state index is -1.05. The third kappa shape index (κ3) is 2.65. The van der Waals surface area contributed by atoms with Crippen molar-refractivity contribution in [3.63, 3.8) is 0 Å². The van der Waals surface area contributed by atoms with Crippen LogP contribution in [0.25, 0.3) is 0 Å². The Labute approximate surface area is 126 Å². The number of aromatic nitrogens is 2. The van der Waals surface area contributed by atoms with Crippen LogP contribution in [-0.4, -0.2) is 38.7 Å². The van der Waals surface area contributed by atoms with Crippen molar-refractivity contribution in [1.29, 1.82) is 0 Å². The van der Waals surface area contributed by atoms with Crippen molar-refractivity contribution in [1.82, 2.24) is 15.1 Å². The molecule has 0 spiro atoms. The summed E-state index contributed by atoms with van der Waals surface area (Å²) >= 11 is 0. The average molecular weight is 300 g/mol. The maximum Gasteiger partial charge on any atom is 0.356 e. The molecule has 1 aromatic carbocycles. The van der Waals surface area contributed by atoms with Crippen molar-refractivity contribution in [2.75, 3.05) is 11.9 Å². The van der Waals surface area contributed by atoms with E-state index in [0.29, 0.717) is 30.8 Å². The van der Waals surface area contributed by atoms with E-state index in [9.17, 15) is 9.59 Å². The minimum absolute atomic E-state index is 0.0498. The molecule has 7 heteroatoms. The number of carboxylic acids is 1. The van der Waals surface area contributed by atoms with Gasteiger partial charge in [-0.05, 0) is 31.0 Å². The zero-order valence-corrected chi connectivity index (χ0v) is 12.1. The van der Waals surface area contributed by atoms with E-state index in [1.165, 1.54) is 0 Å². The van der Waals surface area contributed by atoms with E-state index in [4.69, 9.17) is 5.11 Å². The van der Waals surface area contributed by atoms with E-state index >= 15 is 0 Å². The predicted molar refractivity (Wildman–Crippen MR) is 79.9 cm³/mol. The SMILES string of the molecule is Cc1cccc(NC(=O)N2CCc3c(C(=O)O)n[nH]c3C2)c1. The molecule has 1 aromatic heterocycles. The van der Waals surface area contributed by atoms with Crippen LogP contribution < -0.4 is 5.32 Å². The second kappa shape index (κ2) is 5.51. The number of aromatic amines is 1. The third-order valence-corrected chi connectivity index (χ3v) is 3.69. The highest BCUT2D eigenvalue weighted by atomic mass is 16.4. The highest BCUT2D eigenvalue weighted by Crippen LogP contribution is 2.21. The molecule has 7 nitrogen and oxygen atoms in total. The molecule has 2 aromatic rings. The quantitative estimate of drug-likeness (QED) is 0.790. The molecule has 2 amide bonds. The molecule has 2 heterocycles. The molecule has 22 heavy (non-hydrogen) atoms. The number of hydrogen-bond donors (Lipinski definition) is 3. The summed E-state index contributed by atoms with van der Waals surface area (Å²) in [5, 5.41) is 18.4. The van der Waals surface area contributed by atoms with Crippen LogP contribution in [0.2, 0.25) is 0 Å². The molecule has 3 rings (SSSR count). The van der Waals surface area contributed by atoms with Gasteiger partial charge < -0.3 is 15.3 Å². The normalized spacial score (nSPS) is 13.6. The van der Waals surface area contributed by atoms with Crippen LogP contribution in [0.15, 0.2) is 24.3 Å². The first kappa shape index (κ1) is 14.1. The second-order valence-corrected chi connectivity index (χ2v) is 5.31. The molecule has 0 fully saturated rings. The van der Waals surface area contributed by atoms with Gasteiger partial charge in [-0.15, -0.1) is 0 Å². The molecule has 0 radical (unpaired) electrons.